The van der Waals surface area contributed by atoms with E-state index in [1.54, 1.807) is 22.3 Å². The number of ketones is 1. The molecule has 32 heavy (non-hydrogen) atoms. The number of amides is 1. The Morgan fingerprint density at radius 2 is 1.91 bits per heavy atom. The van der Waals surface area contributed by atoms with Gasteiger partial charge >= 0.3 is 0 Å². The minimum absolute atomic E-state index is 0.0119. The van der Waals surface area contributed by atoms with E-state index in [2.05, 4.69) is 0 Å². The first kappa shape index (κ1) is 20.6. The Labute approximate surface area is 193 Å². The summed E-state index contributed by atoms with van der Waals surface area (Å²) in [5, 5.41) is 4.80. The topological polar surface area (TPSA) is 59.5 Å². The highest BCUT2D eigenvalue weighted by Crippen LogP contribution is 2.39. The Hall–Kier alpha value is -3.29. The van der Waals surface area contributed by atoms with Gasteiger partial charge in [0.2, 0.25) is 0 Å². The number of carbonyl (C=O) groups is 2. The van der Waals surface area contributed by atoms with Crippen LogP contribution < -0.4 is 9.64 Å². The molecule has 5 rings (SSSR count). The molecular weight excluding hydrogens is 440 g/mol. The first-order valence-corrected chi connectivity index (χ1v) is 12.1. The van der Waals surface area contributed by atoms with Crippen molar-refractivity contribution in [2.45, 2.75) is 19.4 Å². The summed E-state index contributed by atoms with van der Waals surface area (Å²) >= 11 is 2.96. The maximum absolute atomic E-state index is 13.1. The van der Waals surface area contributed by atoms with Gasteiger partial charge in [-0.1, -0.05) is 43.3 Å². The van der Waals surface area contributed by atoms with Gasteiger partial charge in [0.15, 0.2) is 11.9 Å². The van der Waals surface area contributed by atoms with E-state index in [-0.39, 0.29) is 18.2 Å². The Morgan fingerprint density at radius 3 is 2.66 bits per heavy atom. The summed E-state index contributed by atoms with van der Waals surface area (Å²) in [6, 6.07) is 19.4. The number of hydrogen-bond donors (Lipinski definition) is 0. The molecule has 0 saturated heterocycles. The fourth-order valence-electron chi connectivity index (χ4n) is 3.68. The van der Waals surface area contributed by atoms with Crippen LogP contribution in [0.1, 0.15) is 23.0 Å². The number of aromatic nitrogens is 1. The SMILES string of the molecule is CCC1Oc2ccc(-c3csc(-c4ccccc4)n3)cc2N(CC(=O)c2cccs2)C1=O. The van der Waals surface area contributed by atoms with Crippen LogP contribution in [0.5, 0.6) is 5.75 Å². The lowest BCUT2D eigenvalue weighted by atomic mass is 10.1. The van der Waals surface area contributed by atoms with Crippen LogP contribution in [0.25, 0.3) is 21.8 Å². The molecule has 0 fully saturated rings. The summed E-state index contributed by atoms with van der Waals surface area (Å²) in [6.45, 7) is 1.89. The normalized spacial score (nSPS) is 15.3. The van der Waals surface area contributed by atoms with Crippen LogP contribution in [0, 0.1) is 0 Å². The molecule has 0 N–H and O–H groups in total. The van der Waals surface area contributed by atoms with Gasteiger partial charge in [0.1, 0.15) is 10.8 Å². The Balaban J connectivity index is 1.50. The molecule has 1 aliphatic rings. The van der Waals surface area contributed by atoms with E-state index in [4.69, 9.17) is 9.72 Å². The van der Waals surface area contributed by atoms with Gasteiger partial charge < -0.3 is 4.74 Å². The van der Waals surface area contributed by atoms with Gasteiger partial charge in [-0.05, 0) is 36.1 Å². The third-order valence-corrected chi connectivity index (χ3v) is 7.15. The molecule has 2 aromatic carbocycles. The number of benzene rings is 2. The van der Waals surface area contributed by atoms with Crippen LogP contribution in [0.15, 0.2) is 71.4 Å². The molecule has 0 bridgehead atoms. The van der Waals surface area contributed by atoms with Crippen molar-refractivity contribution in [3.8, 4) is 27.6 Å². The molecule has 7 heteroatoms. The summed E-state index contributed by atoms with van der Waals surface area (Å²) in [6.07, 6.45) is -0.0515. The molecule has 1 atom stereocenters. The minimum atomic E-state index is -0.589. The van der Waals surface area contributed by atoms with Gasteiger partial charge in [-0.2, -0.15) is 0 Å². The molecular formula is C25H20N2O3S2. The summed E-state index contributed by atoms with van der Waals surface area (Å²) in [7, 11) is 0. The average Bonchev–Trinajstić information content (AvgIpc) is 3.54. The van der Waals surface area contributed by atoms with Crippen molar-refractivity contribution in [1.82, 2.24) is 4.98 Å². The van der Waals surface area contributed by atoms with Gasteiger partial charge in [0.25, 0.3) is 5.91 Å². The second kappa shape index (κ2) is 8.68. The van der Waals surface area contributed by atoms with E-state index in [1.807, 2.05) is 72.3 Å². The lowest BCUT2D eigenvalue weighted by molar-refractivity contribution is -0.126. The lowest BCUT2D eigenvalue weighted by Gasteiger charge is -2.34. The van der Waals surface area contributed by atoms with E-state index in [0.717, 1.165) is 21.8 Å². The van der Waals surface area contributed by atoms with E-state index < -0.39 is 6.10 Å². The van der Waals surface area contributed by atoms with E-state index in [1.165, 1.54) is 11.3 Å². The Morgan fingerprint density at radius 1 is 1.06 bits per heavy atom. The van der Waals surface area contributed by atoms with Gasteiger partial charge in [-0.15, -0.1) is 22.7 Å². The molecule has 0 aliphatic carbocycles. The predicted molar refractivity (Wildman–Crippen MR) is 129 cm³/mol. The van der Waals surface area contributed by atoms with Crippen molar-refractivity contribution >= 4 is 40.1 Å². The van der Waals surface area contributed by atoms with Crippen LogP contribution in [0.3, 0.4) is 0 Å². The van der Waals surface area contributed by atoms with Crippen LogP contribution in [-0.2, 0) is 4.79 Å². The summed E-state index contributed by atoms with van der Waals surface area (Å²) in [5.41, 5.74) is 3.37. The van der Waals surface area contributed by atoms with Gasteiger partial charge in [-0.25, -0.2) is 4.98 Å². The molecule has 0 saturated carbocycles. The van der Waals surface area contributed by atoms with Gasteiger partial charge in [0.05, 0.1) is 22.8 Å². The fraction of sp³-hybridized carbons (Fsp3) is 0.160. The maximum atomic E-state index is 13.1. The van der Waals surface area contributed by atoms with Gasteiger partial charge in [0, 0.05) is 16.5 Å². The van der Waals surface area contributed by atoms with Crippen molar-refractivity contribution in [3.05, 3.63) is 76.3 Å². The van der Waals surface area contributed by atoms with Crippen molar-refractivity contribution in [1.29, 1.82) is 0 Å². The summed E-state index contributed by atoms with van der Waals surface area (Å²) in [5.74, 6) is 0.337. The van der Waals surface area contributed by atoms with E-state index >= 15 is 0 Å². The molecule has 4 aromatic rings. The first-order valence-electron chi connectivity index (χ1n) is 10.3. The largest absolute Gasteiger partial charge is 0.478 e. The first-order chi connectivity index (χ1) is 15.6. The highest BCUT2D eigenvalue weighted by atomic mass is 32.1. The molecule has 2 aromatic heterocycles. The molecule has 0 radical (unpaired) electrons. The Kier molecular flexibility index (Phi) is 5.59. The summed E-state index contributed by atoms with van der Waals surface area (Å²) in [4.78, 5) is 32.9. The third kappa shape index (κ3) is 3.85. The molecule has 160 valence electrons. The van der Waals surface area contributed by atoms with Crippen LogP contribution in [-0.4, -0.2) is 29.3 Å². The maximum Gasteiger partial charge on any atom is 0.268 e. The van der Waals surface area contributed by atoms with Crippen molar-refractivity contribution in [3.63, 3.8) is 0 Å². The van der Waals surface area contributed by atoms with Crippen molar-refractivity contribution in [2.24, 2.45) is 0 Å². The smallest absolute Gasteiger partial charge is 0.268 e. The van der Waals surface area contributed by atoms with Crippen LogP contribution in [0.2, 0.25) is 0 Å². The zero-order valence-corrected chi connectivity index (χ0v) is 19.0. The second-order valence-corrected chi connectivity index (χ2v) is 9.23. The highest BCUT2D eigenvalue weighted by molar-refractivity contribution is 7.13. The quantitative estimate of drug-likeness (QED) is 0.335. The highest BCUT2D eigenvalue weighted by Gasteiger charge is 2.35. The van der Waals surface area contributed by atoms with Crippen molar-refractivity contribution in [2.75, 3.05) is 11.4 Å². The molecule has 0 spiro atoms. The fourth-order valence-corrected chi connectivity index (χ4v) is 5.18. The number of carbonyl (C=O) groups excluding carboxylic acids is 2. The second-order valence-electron chi connectivity index (χ2n) is 7.43. The van der Waals surface area contributed by atoms with Crippen LogP contribution >= 0.6 is 22.7 Å². The number of Topliss-reactive ketones (excluding diaryl/α,β-unsaturated/α-hetero) is 1. The zero-order valence-electron chi connectivity index (χ0n) is 17.4. The molecule has 3 heterocycles. The van der Waals surface area contributed by atoms with Gasteiger partial charge in [-0.3, -0.25) is 14.5 Å². The molecule has 1 amide bonds. The Bertz CT molecular complexity index is 1270. The van der Waals surface area contributed by atoms with Crippen LogP contribution in [0.4, 0.5) is 5.69 Å². The average molecular weight is 461 g/mol. The molecule has 1 unspecified atom stereocenters. The minimum Gasteiger partial charge on any atom is -0.478 e. The number of thiazole rings is 1. The number of anilines is 1. The number of nitrogens with zero attached hydrogens (tertiary/aromatic N) is 2. The number of hydrogen-bond acceptors (Lipinski definition) is 6. The molecule has 5 nitrogen and oxygen atoms in total. The molecule has 1 aliphatic heterocycles. The lowest BCUT2D eigenvalue weighted by Crippen LogP contribution is -2.47. The zero-order chi connectivity index (χ0) is 22.1. The number of fused-ring (bicyclic) bond motifs is 1. The predicted octanol–water partition coefficient (Wildman–Crippen LogP) is 5.93. The monoisotopic (exact) mass is 460 g/mol. The van der Waals surface area contributed by atoms with E-state index in [9.17, 15) is 9.59 Å². The number of thiophene rings is 1. The van der Waals surface area contributed by atoms with Crippen molar-refractivity contribution < 1.29 is 14.3 Å². The standard InChI is InChI=1S/C25H20N2O3S2/c1-2-21-25(29)27(14-20(28)23-9-6-12-31-23)19-13-17(10-11-22(19)30-21)18-15-32-24(26-18)16-7-4-3-5-8-16/h3-13,15,21H,2,14H2,1H3. The third-order valence-electron chi connectivity index (χ3n) is 5.35. The number of rotatable bonds is 6. The summed E-state index contributed by atoms with van der Waals surface area (Å²) < 4.78 is 5.94. The number of ether oxygens (including phenoxy) is 1. The van der Waals surface area contributed by atoms with E-state index in [0.29, 0.717) is 22.7 Å².